The van der Waals surface area contributed by atoms with Crippen molar-refractivity contribution in [2.24, 2.45) is 7.05 Å². The van der Waals surface area contributed by atoms with Crippen LogP contribution >= 0.6 is 0 Å². The number of fused-ring (bicyclic) bond motifs is 1. The third-order valence-corrected chi connectivity index (χ3v) is 4.57. The first-order valence-electron chi connectivity index (χ1n) is 9.18. The lowest BCUT2D eigenvalue weighted by Gasteiger charge is -2.22. The van der Waals surface area contributed by atoms with Crippen LogP contribution in [0.4, 0.5) is 11.5 Å². The van der Waals surface area contributed by atoms with Crippen LogP contribution in [-0.2, 0) is 7.05 Å². The molecule has 0 saturated carbocycles. The lowest BCUT2D eigenvalue weighted by atomic mass is 10.2. The molecule has 0 aliphatic rings. The van der Waals surface area contributed by atoms with Crippen molar-refractivity contribution >= 4 is 22.7 Å². The predicted molar refractivity (Wildman–Crippen MR) is 115 cm³/mol. The van der Waals surface area contributed by atoms with E-state index in [0.29, 0.717) is 40.7 Å². The van der Waals surface area contributed by atoms with Gasteiger partial charge in [0.25, 0.3) is 0 Å². The number of aromatic nitrogens is 5. The van der Waals surface area contributed by atoms with Crippen molar-refractivity contribution in [3.63, 3.8) is 0 Å². The molecular weight excluding hydrogens is 380 g/mol. The summed E-state index contributed by atoms with van der Waals surface area (Å²) in [5, 5.41) is 4.19. The lowest BCUT2D eigenvalue weighted by molar-refractivity contribution is 0.394. The van der Waals surface area contributed by atoms with Crippen LogP contribution < -0.4 is 14.4 Å². The molecule has 0 aliphatic carbocycles. The summed E-state index contributed by atoms with van der Waals surface area (Å²) in [6.07, 6.45) is 11.0. The Labute approximate surface area is 174 Å². The van der Waals surface area contributed by atoms with E-state index in [1.54, 1.807) is 37.4 Å². The zero-order valence-electron chi connectivity index (χ0n) is 16.9. The van der Waals surface area contributed by atoms with E-state index in [1.807, 2.05) is 42.4 Å². The Kier molecular flexibility index (Phi) is 5.18. The van der Waals surface area contributed by atoms with E-state index in [2.05, 4.69) is 21.0 Å². The number of benzene rings is 1. The van der Waals surface area contributed by atoms with Gasteiger partial charge in [-0.1, -0.05) is 5.92 Å². The molecule has 0 fully saturated rings. The van der Waals surface area contributed by atoms with Crippen LogP contribution in [0, 0.1) is 12.3 Å². The first-order chi connectivity index (χ1) is 14.6. The maximum atomic E-state index is 5.64. The van der Waals surface area contributed by atoms with Gasteiger partial charge in [0.1, 0.15) is 22.8 Å². The van der Waals surface area contributed by atoms with Gasteiger partial charge in [-0.2, -0.15) is 5.10 Å². The summed E-state index contributed by atoms with van der Waals surface area (Å²) in [4.78, 5) is 15.8. The molecule has 0 saturated heterocycles. The topological polar surface area (TPSA) is 78.2 Å². The molecule has 1 aromatic carbocycles. The summed E-state index contributed by atoms with van der Waals surface area (Å²) < 4.78 is 12.5. The average molecular weight is 400 g/mol. The highest BCUT2D eigenvalue weighted by Crippen LogP contribution is 2.32. The van der Waals surface area contributed by atoms with Crippen LogP contribution in [0.3, 0.4) is 0 Å². The Balaban J connectivity index is 1.80. The number of pyridine rings is 1. The largest absolute Gasteiger partial charge is 0.497 e. The molecule has 0 N–H and O–H groups in total. The van der Waals surface area contributed by atoms with Crippen molar-refractivity contribution in [3.05, 3.63) is 48.9 Å². The molecule has 3 aromatic heterocycles. The predicted octanol–water partition coefficient (Wildman–Crippen LogP) is 3.21. The van der Waals surface area contributed by atoms with Crippen molar-refractivity contribution in [2.75, 3.05) is 25.7 Å². The number of hydrogen-bond acceptors (Lipinski definition) is 7. The number of ether oxygens (including phenoxy) is 2. The standard InChI is InChI=1S/C22H20N6O2/c1-5-8-28(16-9-17(29-3)11-18(10-16)30-4)21-7-6-19-22(26-21)25-20(13-23-19)15-12-24-27(2)14-15/h1,6-7,9-14H,8H2,2-4H3. The van der Waals surface area contributed by atoms with Crippen LogP contribution in [0.5, 0.6) is 11.5 Å². The van der Waals surface area contributed by atoms with Gasteiger partial charge in [-0.25, -0.2) is 9.97 Å². The van der Waals surface area contributed by atoms with Crippen LogP contribution in [-0.4, -0.2) is 45.5 Å². The first-order valence-corrected chi connectivity index (χ1v) is 9.18. The van der Waals surface area contributed by atoms with Gasteiger partial charge in [-0.15, -0.1) is 6.42 Å². The molecule has 8 nitrogen and oxygen atoms in total. The number of hydrogen-bond donors (Lipinski definition) is 0. The maximum absolute atomic E-state index is 5.64. The van der Waals surface area contributed by atoms with Gasteiger partial charge >= 0.3 is 0 Å². The third-order valence-electron chi connectivity index (χ3n) is 4.57. The number of aryl methyl sites for hydroxylation is 1. The van der Waals surface area contributed by atoms with Crippen molar-refractivity contribution in [1.82, 2.24) is 24.7 Å². The van der Waals surface area contributed by atoms with Gasteiger partial charge in [0.2, 0.25) is 0 Å². The van der Waals surface area contributed by atoms with Gasteiger partial charge in [0.15, 0.2) is 5.65 Å². The Bertz CT molecular complexity index is 1220. The molecule has 30 heavy (non-hydrogen) atoms. The highest BCUT2D eigenvalue weighted by molar-refractivity contribution is 5.77. The average Bonchev–Trinajstić information content (AvgIpc) is 3.22. The number of methoxy groups -OCH3 is 2. The molecule has 4 rings (SSSR count). The van der Waals surface area contributed by atoms with Crippen molar-refractivity contribution in [2.45, 2.75) is 0 Å². The van der Waals surface area contributed by atoms with E-state index in [9.17, 15) is 0 Å². The Morgan fingerprint density at radius 2 is 1.83 bits per heavy atom. The maximum Gasteiger partial charge on any atom is 0.180 e. The highest BCUT2D eigenvalue weighted by Gasteiger charge is 2.15. The van der Waals surface area contributed by atoms with E-state index in [-0.39, 0.29) is 0 Å². The normalized spacial score (nSPS) is 10.6. The summed E-state index contributed by atoms with van der Waals surface area (Å²) in [5.41, 5.74) is 3.58. The second-order valence-corrected chi connectivity index (χ2v) is 6.53. The summed E-state index contributed by atoms with van der Waals surface area (Å²) >= 11 is 0. The van der Waals surface area contributed by atoms with Crippen LogP contribution in [0.15, 0.2) is 48.9 Å². The zero-order valence-corrected chi connectivity index (χ0v) is 16.9. The molecule has 8 heteroatoms. The zero-order chi connectivity index (χ0) is 21.1. The number of rotatable bonds is 6. The number of nitrogens with zero attached hydrogens (tertiary/aromatic N) is 6. The first kappa shape index (κ1) is 19.2. The van der Waals surface area contributed by atoms with E-state index in [0.717, 1.165) is 11.3 Å². The molecule has 0 radical (unpaired) electrons. The molecule has 150 valence electrons. The molecule has 0 spiro atoms. The molecule has 0 bridgehead atoms. The van der Waals surface area contributed by atoms with Gasteiger partial charge in [0, 0.05) is 37.0 Å². The Morgan fingerprint density at radius 1 is 1.07 bits per heavy atom. The fraction of sp³-hybridized carbons (Fsp3) is 0.182. The van der Waals surface area contributed by atoms with Crippen molar-refractivity contribution in [1.29, 1.82) is 0 Å². The van der Waals surface area contributed by atoms with Gasteiger partial charge in [-0.05, 0) is 12.1 Å². The van der Waals surface area contributed by atoms with Crippen LogP contribution in [0.2, 0.25) is 0 Å². The molecule has 0 atom stereocenters. The van der Waals surface area contributed by atoms with E-state index in [1.165, 1.54) is 0 Å². The fourth-order valence-electron chi connectivity index (χ4n) is 3.07. The molecular formula is C22H20N6O2. The Hall–Kier alpha value is -4.12. The highest BCUT2D eigenvalue weighted by atomic mass is 16.5. The molecule has 0 unspecified atom stereocenters. The molecule has 4 aromatic rings. The summed E-state index contributed by atoms with van der Waals surface area (Å²) in [6, 6.07) is 9.30. The van der Waals surface area contributed by atoms with Gasteiger partial charge in [0.05, 0.1) is 44.5 Å². The minimum Gasteiger partial charge on any atom is -0.497 e. The SMILES string of the molecule is C#CCN(c1cc(OC)cc(OC)c1)c1ccc2ncc(-c3cnn(C)c3)nc2n1. The summed E-state index contributed by atoms with van der Waals surface area (Å²) in [6.45, 7) is 0.310. The van der Waals surface area contributed by atoms with Gasteiger partial charge < -0.3 is 14.4 Å². The fourth-order valence-corrected chi connectivity index (χ4v) is 3.07. The second kappa shape index (κ2) is 8.09. The van der Waals surface area contributed by atoms with E-state index < -0.39 is 0 Å². The van der Waals surface area contributed by atoms with Crippen LogP contribution in [0.1, 0.15) is 0 Å². The molecule has 0 amide bonds. The van der Waals surface area contributed by atoms with Crippen molar-refractivity contribution in [3.8, 4) is 35.1 Å². The Morgan fingerprint density at radius 3 is 2.47 bits per heavy atom. The van der Waals surface area contributed by atoms with E-state index >= 15 is 0 Å². The van der Waals surface area contributed by atoms with Crippen molar-refractivity contribution < 1.29 is 9.47 Å². The lowest BCUT2D eigenvalue weighted by Crippen LogP contribution is -2.18. The number of anilines is 2. The molecule has 0 aliphatic heterocycles. The smallest absolute Gasteiger partial charge is 0.180 e. The minimum absolute atomic E-state index is 0.310. The molecule has 3 heterocycles. The third kappa shape index (κ3) is 3.73. The van der Waals surface area contributed by atoms with E-state index in [4.69, 9.17) is 20.9 Å². The summed E-state index contributed by atoms with van der Waals surface area (Å²) in [7, 11) is 5.07. The quantitative estimate of drug-likeness (QED) is 0.460. The van der Waals surface area contributed by atoms with Gasteiger partial charge in [-0.3, -0.25) is 9.67 Å². The van der Waals surface area contributed by atoms with Crippen LogP contribution in [0.25, 0.3) is 22.4 Å². The summed E-state index contributed by atoms with van der Waals surface area (Å²) in [5.74, 6) is 4.65. The minimum atomic E-state index is 0.310. The monoisotopic (exact) mass is 400 g/mol. The number of terminal acetylenes is 1. The second-order valence-electron chi connectivity index (χ2n) is 6.53.